The molecule has 36 heavy (non-hydrogen) atoms. The molecular formula is C21H32N2O11P2. The molecule has 0 aromatic heterocycles. The SMILES string of the molecule is O=P(O)(O)CN(Cc1ccc(CO)cc1O)CC(CO)N(Cc1cc(CO)ccc1O)CP(=O)(O)O. The van der Waals surface area contributed by atoms with E-state index in [9.17, 15) is 54.2 Å². The van der Waals surface area contributed by atoms with Crippen molar-refractivity contribution in [1.82, 2.24) is 9.80 Å². The van der Waals surface area contributed by atoms with Gasteiger partial charge in [0.25, 0.3) is 0 Å². The molecule has 0 radical (unpaired) electrons. The highest BCUT2D eigenvalue weighted by atomic mass is 31.2. The molecule has 0 aliphatic heterocycles. The minimum absolute atomic E-state index is 0.186. The molecule has 2 rings (SSSR count). The van der Waals surface area contributed by atoms with Gasteiger partial charge >= 0.3 is 15.2 Å². The molecule has 13 nitrogen and oxygen atoms in total. The minimum Gasteiger partial charge on any atom is -0.508 e. The summed E-state index contributed by atoms with van der Waals surface area (Å²) < 4.78 is 23.6. The van der Waals surface area contributed by atoms with E-state index in [0.717, 1.165) is 0 Å². The number of rotatable bonds is 14. The van der Waals surface area contributed by atoms with Gasteiger partial charge in [0.05, 0.1) is 19.8 Å². The Hall–Kier alpha value is -1.86. The van der Waals surface area contributed by atoms with Crippen LogP contribution in [-0.2, 0) is 35.4 Å². The maximum Gasteiger partial charge on any atom is 0.339 e. The molecule has 1 unspecified atom stereocenters. The average molecular weight is 550 g/mol. The molecule has 0 fully saturated rings. The zero-order valence-electron chi connectivity index (χ0n) is 19.3. The summed E-state index contributed by atoms with van der Waals surface area (Å²) in [6, 6.07) is 7.43. The Bertz CT molecular complexity index is 1110. The van der Waals surface area contributed by atoms with Crippen molar-refractivity contribution in [2.24, 2.45) is 0 Å². The first-order valence-electron chi connectivity index (χ1n) is 10.7. The summed E-state index contributed by atoms with van der Waals surface area (Å²) in [4.78, 5) is 40.8. The monoisotopic (exact) mass is 550 g/mol. The van der Waals surface area contributed by atoms with Crippen molar-refractivity contribution in [3.63, 3.8) is 0 Å². The van der Waals surface area contributed by atoms with Crippen LogP contribution in [0.3, 0.4) is 0 Å². The standard InChI is InChI=1S/C21H32N2O11P2/c24-10-15-2-4-20(27)18(5-15)8-23(14-36(32,33)34)19(12-26)9-22(13-35(29,30)31)7-17-3-1-16(11-25)6-21(17)28/h1-6,19,24-28H,7-14H2,(H2,29,30,31)(H2,32,33,34). The van der Waals surface area contributed by atoms with E-state index in [4.69, 9.17) is 0 Å². The molecule has 0 saturated carbocycles. The van der Waals surface area contributed by atoms with E-state index in [0.29, 0.717) is 11.1 Å². The molecule has 0 amide bonds. The second-order valence-corrected chi connectivity index (χ2v) is 11.7. The number of aromatic hydroxyl groups is 2. The van der Waals surface area contributed by atoms with Gasteiger partial charge in [-0.1, -0.05) is 18.2 Å². The van der Waals surface area contributed by atoms with Crippen LogP contribution in [0.5, 0.6) is 11.5 Å². The van der Waals surface area contributed by atoms with E-state index in [-0.39, 0.29) is 55.5 Å². The normalized spacial score (nSPS) is 13.5. The van der Waals surface area contributed by atoms with E-state index >= 15 is 0 Å². The molecule has 0 heterocycles. The van der Waals surface area contributed by atoms with Gasteiger partial charge in [-0.05, 0) is 29.3 Å². The van der Waals surface area contributed by atoms with Crippen LogP contribution in [0.1, 0.15) is 22.3 Å². The summed E-state index contributed by atoms with van der Waals surface area (Å²) in [7, 11) is -9.31. The van der Waals surface area contributed by atoms with Gasteiger partial charge in [0.2, 0.25) is 0 Å². The topological polar surface area (TPSA) is 223 Å². The number of phenolic OH excluding ortho intramolecular Hbond substituents is 2. The predicted molar refractivity (Wildman–Crippen MR) is 129 cm³/mol. The van der Waals surface area contributed by atoms with Crippen molar-refractivity contribution in [1.29, 1.82) is 0 Å². The van der Waals surface area contributed by atoms with Gasteiger partial charge in [-0.3, -0.25) is 18.9 Å². The summed E-state index contributed by atoms with van der Waals surface area (Å²) in [6.07, 6.45) is -1.61. The highest BCUT2D eigenvalue weighted by Crippen LogP contribution is 2.39. The van der Waals surface area contributed by atoms with Crippen LogP contribution in [0.4, 0.5) is 0 Å². The van der Waals surface area contributed by atoms with Gasteiger partial charge in [-0.15, -0.1) is 0 Å². The molecule has 0 bridgehead atoms. The van der Waals surface area contributed by atoms with Crippen LogP contribution >= 0.6 is 15.2 Å². The van der Waals surface area contributed by atoms with Gasteiger partial charge in [0.1, 0.15) is 24.1 Å². The third kappa shape index (κ3) is 9.89. The minimum atomic E-state index is -4.68. The zero-order chi connectivity index (χ0) is 27.1. The van der Waals surface area contributed by atoms with Crippen molar-refractivity contribution in [2.45, 2.75) is 32.3 Å². The Kier molecular flexibility index (Phi) is 11.0. The lowest BCUT2D eigenvalue weighted by Crippen LogP contribution is -2.46. The Morgan fingerprint density at radius 3 is 1.83 bits per heavy atom. The Balaban J connectivity index is 2.38. The molecule has 9 N–H and O–H groups in total. The third-order valence-electron chi connectivity index (χ3n) is 5.37. The van der Waals surface area contributed by atoms with Gasteiger partial charge in [-0.25, -0.2) is 0 Å². The number of aliphatic hydroxyl groups excluding tert-OH is 3. The van der Waals surface area contributed by atoms with Crippen LogP contribution < -0.4 is 0 Å². The highest BCUT2D eigenvalue weighted by molar-refractivity contribution is 7.51. The lowest BCUT2D eigenvalue weighted by atomic mass is 10.1. The molecule has 0 spiro atoms. The molecule has 1 atom stereocenters. The second-order valence-electron chi connectivity index (χ2n) is 8.45. The van der Waals surface area contributed by atoms with Crippen LogP contribution in [0, 0.1) is 0 Å². The van der Waals surface area contributed by atoms with E-state index in [2.05, 4.69) is 0 Å². The number of hydrogen-bond donors (Lipinski definition) is 9. The Morgan fingerprint density at radius 2 is 1.31 bits per heavy atom. The van der Waals surface area contributed by atoms with Gasteiger partial charge in [-0.2, -0.15) is 0 Å². The lowest BCUT2D eigenvalue weighted by molar-refractivity contribution is 0.0905. The fourth-order valence-electron chi connectivity index (χ4n) is 3.72. The van der Waals surface area contributed by atoms with Crippen LogP contribution in [0.2, 0.25) is 0 Å². The molecule has 0 saturated heterocycles. The number of phenols is 2. The van der Waals surface area contributed by atoms with E-state index in [1.165, 1.54) is 46.2 Å². The Labute approximate surface area is 207 Å². The summed E-state index contributed by atoms with van der Waals surface area (Å²) in [5, 5.41) is 49.1. The van der Waals surface area contributed by atoms with Gasteiger partial charge < -0.3 is 45.1 Å². The fourth-order valence-corrected chi connectivity index (χ4v) is 5.26. The van der Waals surface area contributed by atoms with Crippen LogP contribution in [0.25, 0.3) is 0 Å². The first kappa shape index (κ1) is 30.4. The van der Waals surface area contributed by atoms with Crippen LogP contribution in [-0.4, -0.2) is 86.7 Å². The summed E-state index contributed by atoms with van der Waals surface area (Å²) in [5.74, 6) is -0.434. The largest absolute Gasteiger partial charge is 0.508 e. The summed E-state index contributed by atoms with van der Waals surface area (Å²) in [5.41, 5.74) is 1.34. The maximum absolute atomic E-state index is 11.8. The van der Waals surface area contributed by atoms with Crippen molar-refractivity contribution >= 4 is 15.2 Å². The smallest absolute Gasteiger partial charge is 0.339 e. The van der Waals surface area contributed by atoms with Crippen LogP contribution in [0.15, 0.2) is 36.4 Å². The quantitative estimate of drug-likeness (QED) is 0.142. The zero-order valence-corrected chi connectivity index (χ0v) is 21.1. The molecule has 15 heteroatoms. The van der Waals surface area contributed by atoms with Crippen molar-refractivity contribution in [3.05, 3.63) is 58.7 Å². The summed E-state index contributed by atoms with van der Waals surface area (Å²) >= 11 is 0. The van der Waals surface area contributed by atoms with E-state index in [1.807, 2.05) is 0 Å². The molecule has 0 aliphatic rings. The number of benzene rings is 2. The molecular weight excluding hydrogens is 518 g/mol. The summed E-state index contributed by atoms with van der Waals surface area (Å²) in [6.45, 7) is -2.04. The van der Waals surface area contributed by atoms with E-state index in [1.54, 1.807) is 0 Å². The van der Waals surface area contributed by atoms with E-state index < -0.39 is 40.4 Å². The first-order chi connectivity index (χ1) is 16.7. The Morgan fingerprint density at radius 1 is 0.722 bits per heavy atom. The van der Waals surface area contributed by atoms with Crippen molar-refractivity contribution in [3.8, 4) is 11.5 Å². The molecule has 202 valence electrons. The number of hydrogen-bond acceptors (Lipinski definition) is 9. The second kappa shape index (κ2) is 13.1. The van der Waals surface area contributed by atoms with Crippen molar-refractivity contribution < 1.29 is 54.2 Å². The molecule has 2 aromatic rings. The number of aliphatic hydroxyl groups is 3. The van der Waals surface area contributed by atoms with Gasteiger partial charge in [0.15, 0.2) is 0 Å². The highest BCUT2D eigenvalue weighted by Gasteiger charge is 2.30. The first-order valence-corrected chi connectivity index (χ1v) is 14.3. The fraction of sp³-hybridized carbons (Fsp3) is 0.429. The maximum atomic E-state index is 11.8. The molecule has 0 aliphatic carbocycles. The van der Waals surface area contributed by atoms with Crippen molar-refractivity contribution in [2.75, 3.05) is 25.7 Å². The number of nitrogens with zero attached hydrogens (tertiary/aromatic N) is 2. The lowest BCUT2D eigenvalue weighted by Gasteiger charge is -2.35. The molecule has 2 aromatic carbocycles. The predicted octanol–water partition coefficient (Wildman–Crippen LogP) is 0.0179. The third-order valence-corrected chi connectivity index (χ3v) is 6.87. The van der Waals surface area contributed by atoms with Gasteiger partial charge in [0, 0.05) is 36.8 Å². The average Bonchev–Trinajstić information content (AvgIpc) is 2.77.